The van der Waals surface area contributed by atoms with Crippen LogP contribution in [0.3, 0.4) is 0 Å². The minimum atomic E-state index is -0.517. The van der Waals surface area contributed by atoms with Crippen LogP contribution in [-0.2, 0) is 37.0 Å². The van der Waals surface area contributed by atoms with Gasteiger partial charge in [0.05, 0.1) is 25.4 Å². The van der Waals surface area contributed by atoms with Crippen LogP contribution in [0, 0.1) is 0 Å². The fourth-order valence-electron chi connectivity index (χ4n) is 5.87. The summed E-state index contributed by atoms with van der Waals surface area (Å²) < 4.78 is 18.5. The lowest BCUT2D eigenvalue weighted by Crippen LogP contribution is -2.42. The topological polar surface area (TPSA) is 130 Å². The first kappa shape index (κ1) is 33.0. The van der Waals surface area contributed by atoms with Crippen LogP contribution in [0.25, 0.3) is 0 Å². The number of ether oxygens (including phenoxy) is 3. The average molecular weight is 598 g/mol. The lowest BCUT2D eigenvalue weighted by molar-refractivity contribution is -0.253. The monoisotopic (exact) mass is 597 g/mol. The zero-order chi connectivity index (χ0) is 30.4. The number of carbonyl (C=O) groups excluding carboxylic acids is 2. The maximum absolute atomic E-state index is 12.3. The first-order valence-corrected chi connectivity index (χ1v) is 15.5. The molecule has 0 radical (unpaired) electrons. The molecular weight excluding hydrogens is 550 g/mol. The molecule has 4 rings (SSSR count). The van der Waals surface area contributed by atoms with Crippen molar-refractivity contribution in [1.29, 1.82) is 0 Å². The number of nitrogens with zero attached hydrogens (tertiary/aromatic N) is 1. The number of rotatable bonds is 16. The summed E-state index contributed by atoms with van der Waals surface area (Å²) >= 11 is 0. The number of aliphatic hydroxyl groups excluding tert-OH is 1. The Labute approximate surface area is 254 Å². The Hall–Kier alpha value is -2.86. The highest BCUT2D eigenvalue weighted by Crippen LogP contribution is 2.38. The van der Waals surface area contributed by atoms with Gasteiger partial charge in [-0.2, -0.15) is 0 Å². The van der Waals surface area contributed by atoms with E-state index in [0.29, 0.717) is 31.8 Å². The lowest BCUT2D eigenvalue weighted by atomic mass is 9.99. The molecule has 2 aliphatic rings. The van der Waals surface area contributed by atoms with Gasteiger partial charge >= 0.3 is 0 Å². The Kier molecular flexibility index (Phi) is 13.4. The van der Waals surface area contributed by atoms with Gasteiger partial charge in [-0.05, 0) is 48.9 Å². The second kappa shape index (κ2) is 17.4. The largest absolute Gasteiger partial charge is 0.392 e. The Morgan fingerprint density at radius 1 is 0.930 bits per heavy atom. The van der Waals surface area contributed by atoms with Gasteiger partial charge < -0.3 is 24.6 Å². The van der Waals surface area contributed by atoms with Crippen LogP contribution in [0.2, 0.25) is 0 Å². The van der Waals surface area contributed by atoms with Gasteiger partial charge in [-0.3, -0.25) is 19.7 Å². The van der Waals surface area contributed by atoms with Gasteiger partial charge in [-0.25, -0.2) is 5.48 Å². The van der Waals surface area contributed by atoms with E-state index in [0.717, 1.165) is 80.5 Å². The van der Waals surface area contributed by atoms with Crippen LogP contribution in [0.4, 0.5) is 0 Å². The number of aliphatic hydroxyl groups is 1. The van der Waals surface area contributed by atoms with E-state index >= 15 is 0 Å². The van der Waals surface area contributed by atoms with E-state index in [4.69, 9.17) is 19.4 Å². The van der Waals surface area contributed by atoms with Crippen LogP contribution < -0.4 is 10.8 Å². The molecule has 0 aromatic heterocycles. The standard InChI is InChI=1S/C33H47N3O7/c1-41-23-28-7-6-18-36(28)21-29-19-30(26-14-12-25(22-37)13-15-26)43-33(42-29)27-16-10-24(11-17-27)20-34-31(38)8-4-2-3-5-9-32(39)35-40/h10-17,28-30,33,37,40H,2-9,18-23H2,1H3,(H,34,38)(H,35,39)/t28-,29-,30+,33+/m0/s1. The van der Waals surface area contributed by atoms with Gasteiger partial charge in [0, 0.05) is 51.1 Å². The summed E-state index contributed by atoms with van der Waals surface area (Å²) in [4.78, 5) is 25.8. The summed E-state index contributed by atoms with van der Waals surface area (Å²) in [5, 5.41) is 21.0. The van der Waals surface area contributed by atoms with Crippen molar-refractivity contribution < 1.29 is 34.1 Å². The summed E-state index contributed by atoms with van der Waals surface area (Å²) in [5.41, 5.74) is 5.50. The molecule has 43 heavy (non-hydrogen) atoms. The van der Waals surface area contributed by atoms with Crippen molar-refractivity contribution in [3.8, 4) is 0 Å². The third kappa shape index (κ3) is 10.4. The molecule has 2 aromatic rings. The molecule has 10 heteroatoms. The number of unbranched alkanes of at least 4 members (excludes halogenated alkanes) is 3. The highest BCUT2D eigenvalue weighted by Gasteiger charge is 2.35. The summed E-state index contributed by atoms with van der Waals surface area (Å²) in [7, 11) is 1.76. The minimum absolute atomic E-state index is 0.00251. The summed E-state index contributed by atoms with van der Waals surface area (Å²) in [6.07, 6.45) is 6.28. The van der Waals surface area contributed by atoms with Crippen LogP contribution in [0.5, 0.6) is 0 Å². The molecule has 0 saturated carbocycles. The molecule has 0 aliphatic carbocycles. The fourth-order valence-corrected chi connectivity index (χ4v) is 5.87. The molecule has 2 fully saturated rings. The number of amides is 2. The highest BCUT2D eigenvalue weighted by atomic mass is 16.7. The van der Waals surface area contributed by atoms with Crippen LogP contribution >= 0.6 is 0 Å². The molecule has 4 N–H and O–H groups in total. The van der Waals surface area contributed by atoms with Gasteiger partial charge in [0.1, 0.15) is 0 Å². The minimum Gasteiger partial charge on any atom is -0.392 e. The second-order valence-corrected chi connectivity index (χ2v) is 11.6. The number of hydroxylamine groups is 1. The first-order valence-electron chi connectivity index (χ1n) is 15.5. The van der Waals surface area contributed by atoms with E-state index in [1.54, 1.807) is 12.6 Å². The molecular formula is C33H47N3O7. The van der Waals surface area contributed by atoms with Crippen molar-refractivity contribution in [1.82, 2.24) is 15.7 Å². The maximum Gasteiger partial charge on any atom is 0.243 e. The number of likely N-dealkylation sites (tertiary alicyclic amines) is 1. The molecule has 0 bridgehead atoms. The molecule has 10 nitrogen and oxygen atoms in total. The SMILES string of the molecule is COC[C@@H]1CCCN1C[C@@H]1C[C@H](c2ccc(CO)cc2)O[C@H](c2ccc(CNC(=O)CCCCCCC(=O)NO)cc2)O1. The predicted molar refractivity (Wildman–Crippen MR) is 161 cm³/mol. The number of benzene rings is 2. The quantitative estimate of drug-likeness (QED) is 0.128. The maximum atomic E-state index is 12.3. The van der Waals surface area contributed by atoms with Gasteiger partial charge in [-0.1, -0.05) is 61.4 Å². The smallest absolute Gasteiger partial charge is 0.243 e. The molecule has 2 heterocycles. The van der Waals surface area contributed by atoms with Gasteiger partial charge in [0.15, 0.2) is 6.29 Å². The van der Waals surface area contributed by atoms with Gasteiger partial charge in [0.25, 0.3) is 0 Å². The Morgan fingerprint density at radius 3 is 2.28 bits per heavy atom. The van der Waals surface area contributed by atoms with Crippen molar-refractivity contribution in [2.24, 2.45) is 0 Å². The number of hydrogen-bond acceptors (Lipinski definition) is 8. The Bertz CT molecular complexity index is 1130. The number of carbonyl (C=O) groups is 2. The average Bonchev–Trinajstić information content (AvgIpc) is 3.48. The van der Waals surface area contributed by atoms with Crippen molar-refractivity contribution in [3.05, 3.63) is 70.8 Å². The summed E-state index contributed by atoms with van der Waals surface area (Å²) in [6.45, 7) is 3.04. The molecule has 236 valence electrons. The molecule has 2 saturated heterocycles. The predicted octanol–water partition coefficient (Wildman–Crippen LogP) is 4.30. The third-order valence-electron chi connectivity index (χ3n) is 8.34. The fraction of sp³-hybridized carbons (Fsp3) is 0.576. The van der Waals surface area contributed by atoms with E-state index in [-0.39, 0.29) is 30.6 Å². The third-order valence-corrected chi connectivity index (χ3v) is 8.34. The lowest BCUT2D eigenvalue weighted by Gasteiger charge is -2.38. The Balaban J connectivity index is 1.31. The molecule has 0 spiro atoms. The number of hydrogen-bond donors (Lipinski definition) is 4. The second-order valence-electron chi connectivity index (χ2n) is 11.6. The van der Waals surface area contributed by atoms with Crippen molar-refractivity contribution >= 4 is 11.8 Å². The van der Waals surface area contributed by atoms with E-state index in [1.165, 1.54) is 0 Å². The van der Waals surface area contributed by atoms with Crippen molar-refractivity contribution in [2.75, 3.05) is 26.8 Å². The highest BCUT2D eigenvalue weighted by molar-refractivity contribution is 5.75. The summed E-state index contributed by atoms with van der Waals surface area (Å²) in [5.74, 6) is -0.376. The zero-order valence-corrected chi connectivity index (χ0v) is 25.2. The van der Waals surface area contributed by atoms with Crippen LogP contribution in [0.15, 0.2) is 48.5 Å². The molecule has 2 aromatic carbocycles. The number of nitrogens with one attached hydrogen (secondary N) is 2. The van der Waals surface area contributed by atoms with Crippen molar-refractivity contribution in [2.45, 2.75) is 95.5 Å². The summed E-state index contributed by atoms with van der Waals surface area (Å²) in [6, 6.07) is 16.4. The normalized spacial score (nSPS) is 22.4. The molecule has 4 atom stereocenters. The Morgan fingerprint density at radius 2 is 1.60 bits per heavy atom. The van der Waals surface area contributed by atoms with Crippen molar-refractivity contribution in [3.63, 3.8) is 0 Å². The zero-order valence-electron chi connectivity index (χ0n) is 25.2. The van der Waals surface area contributed by atoms with E-state index < -0.39 is 6.29 Å². The van der Waals surface area contributed by atoms with Gasteiger partial charge in [0.2, 0.25) is 11.8 Å². The van der Waals surface area contributed by atoms with E-state index in [2.05, 4.69) is 10.2 Å². The molecule has 2 aliphatic heterocycles. The molecule has 0 unspecified atom stereocenters. The van der Waals surface area contributed by atoms with Crippen LogP contribution in [-0.4, -0.2) is 66.0 Å². The van der Waals surface area contributed by atoms with Crippen LogP contribution in [0.1, 0.15) is 92.4 Å². The first-order chi connectivity index (χ1) is 21.0. The number of methoxy groups -OCH3 is 1. The van der Waals surface area contributed by atoms with E-state index in [9.17, 15) is 14.7 Å². The molecule has 2 amide bonds. The van der Waals surface area contributed by atoms with Gasteiger partial charge in [-0.15, -0.1) is 0 Å². The van der Waals surface area contributed by atoms with E-state index in [1.807, 2.05) is 48.5 Å².